The highest BCUT2D eigenvalue weighted by atomic mass is 16.5. The lowest BCUT2D eigenvalue weighted by atomic mass is 10.1. The van der Waals surface area contributed by atoms with Crippen LogP contribution in [0.3, 0.4) is 0 Å². The Balaban J connectivity index is 1.91. The number of nitrogens with zero attached hydrogens (tertiary/aromatic N) is 4. The summed E-state index contributed by atoms with van der Waals surface area (Å²) < 4.78 is 5.52. The van der Waals surface area contributed by atoms with Crippen molar-refractivity contribution in [1.82, 2.24) is 20.2 Å². The molecule has 1 aliphatic rings. The Labute approximate surface area is 98.7 Å². The number of H-pyrrole nitrogens is 1. The molecule has 88 valence electrons. The van der Waals surface area contributed by atoms with Gasteiger partial charge in [0.1, 0.15) is 12.1 Å². The highest BCUT2D eigenvalue weighted by Gasteiger charge is 2.26. The van der Waals surface area contributed by atoms with Gasteiger partial charge in [-0.25, -0.2) is 9.97 Å². The van der Waals surface area contributed by atoms with Crippen molar-refractivity contribution in [1.29, 1.82) is 0 Å². The van der Waals surface area contributed by atoms with E-state index < -0.39 is 0 Å². The minimum Gasteiger partial charge on any atom is -0.377 e. The largest absolute Gasteiger partial charge is 0.377 e. The van der Waals surface area contributed by atoms with Crippen molar-refractivity contribution in [2.45, 2.75) is 6.04 Å². The van der Waals surface area contributed by atoms with E-state index in [1.807, 2.05) is 12.1 Å². The molecule has 0 radical (unpaired) electrons. The van der Waals surface area contributed by atoms with Crippen LogP contribution in [-0.4, -0.2) is 39.9 Å². The number of hydrogen-bond acceptors (Lipinski definition) is 5. The highest BCUT2D eigenvalue weighted by Crippen LogP contribution is 2.26. The van der Waals surface area contributed by atoms with E-state index >= 15 is 0 Å². The van der Waals surface area contributed by atoms with Crippen LogP contribution in [0.2, 0.25) is 0 Å². The minimum atomic E-state index is 0.140. The SMILES string of the molecule is c1cc(N2CCOC[C@@H]2c2ccn[nH]2)ncn1. The van der Waals surface area contributed by atoms with Gasteiger partial charge in [0.05, 0.1) is 24.9 Å². The number of morpholine rings is 1. The molecule has 0 unspecified atom stereocenters. The summed E-state index contributed by atoms with van der Waals surface area (Å²) in [4.78, 5) is 10.4. The molecule has 1 fully saturated rings. The van der Waals surface area contributed by atoms with E-state index in [0.29, 0.717) is 13.2 Å². The Morgan fingerprint density at radius 2 is 2.35 bits per heavy atom. The maximum absolute atomic E-state index is 5.52. The van der Waals surface area contributed by atoms with E-state index in [-0.39, 0.29) is 6.04 Å². The van der Waals surface area contributed by atoms with Crippen molar-refractivity contribution in [2.75, 3.05) is 24.7 Å². The smallest absolute Gasteiger partial charge is 0.132 e. The average Bonchev–Trinajstić information content (AvgIpc) is 2.94. The average molecular weight is 231 g/mol. The summed E-state index contributed by atoms with van der Waals surface area (Å²) in [5, 5.41) is 6.98. The molecule has 1 aliphatic heterocycles. The summed E-state index contributed by atoms with van der Waals surface area (Å²) in [6, 6.07) is 4.02. The van der Waals surface area contributed by atoms with Crippen LogP contribution < -0.4 is 4.90 Å². The fourth-order valence-corrected chi connectivity index (χ4v) is 2.04. The summed E-state index contributed by atoms with van der Waals surface area (Å²) in [5.41, 5.74) is 1.04. The van der Waals surface area contributed by atoms with Crippen molar-refractivity contribution in [3.8, 4) is 0 Å². The monoisotopic (exact) mass is 231 g/mol. The fourth-order valence-electron chi connectivity index (χ4n) is 2.04. The number of anilines is 1. The molecule has 0 aromatic carbocycles. The molecule has 3 heterocycles. The van der Waals surface area contributed by atoms with Gasteiger partial charge in [-0.1, -0.05) is 0 Å². The van der Waals surface area contributed by atoms with Crippen molar-refractivity contribution < 1.29 is 4.74 Å². The van der Waals surface area contributed by atoms with E-state index in [2.05, 4.69) is 25.1 Å². The highest BCUT2D eigenvalue weighted by molar-refractivity contribution is 5.40. The molecule has 17 heavy (non-hydrogen) atoms. The van der Waals surface area contributed by atoms with Gasteiger partial charge in [-0.05, 0) is 12.1 Å². The maximum Gasteiger partial charge on any atom is 0.132 e. The summed E-state index contributed by atoms with van der Waals surface area (Å²) in [5.74, 6) is 0.919. The zero-order valence-electron chi connectivity index (χ0n) is 9.28. The molecular formula is C11H13N5O. The Morgan fingerprint density at radius 1 is 1.35 bits per heavy atom. The Bertz CT molecular complexity index is 458. The molecule has 3 rings (SSSR count). The molecule has 1 N–H and O–H groups in total. The van der Waals surface area contributed by atoms with Crippen molar-refractivity contribution in [2.24, 2.45) is 0 Å². The van der Waals surface area contributed by atoms with E-state index in [9.17, 15) is 0 Å². The molecule has 1 atom stereocenters. The molecule has 6 heteroatoms. The van der Waals surface area contributed by atoms with Crippen LogP contribution in [0.4, 0.5) is 5.82 Å². The molecule has 0 saturated carbocycles. The molecule has 2 aromatic heterocycles. The molecule has 0 bridgehead atoms. The van der Waals surface area contributed by atoms with Crippen LogP contribution in [0.1, 0.15) is 11.7 Å². The summed E-state index contributed by atoms with van der Waals surface area (Å²) >= 11 is 0. The van der Waals surface area contributed by atoms with Gasteiger partial charge in [0.2, 0.25) is 0 Å². The zero-order valence-corrected chi connectivity index (χ0v) is 9.28. The van der Waals surface area contributed by atoms with Crippen molar-refractivity contribution in [3.05, 3.63) is 36.5 Å². The van der Waals surface area contributed by atoms with Gasteiger partial charge in [-0.3, -0.25) is 5.10 Å². The van der Waals surface area contributed by atoms with Crippen LogP contribution in [-0.2, 0) is 4.74 Å². The van der Waals surface area contributed by atoms with Crippen molar-refractivity contribution in [3.63, 3.8) is 0 Å². The third-order valence-corrected chi connectivity index (χ3v) is 2.87. The van der Waals surface area contributed by atoms with Gasteiger partial charge in [-0.2, -0.15) is 5.10 Å². The van der Waals surface area contributed by atoms with Gasteiger partial charge < -0.3 is 9.64 Å². The zero-order chi connectivity index (χ0) is 11.5. The topological polar surface area (TPSA) is 66.9 Å². The van der Waals surface area contributed by atoms with Gasteiger partial charge in [0.25, 0.3) is 0 Å². The first kappa shape index (κ1) is 10.2. The standard InChI is InChI=1S/C11H13N5O/c1-4-14-15-9(1)10-7-17-6-5-16(10)11-2-3-12-8-13-11/h1-4,8,10H,5-7H2,(H,14,15)/t10-/m1/s1. The van der Waals surface area contributed by atoms with E-state index in [1.54, 1.807) is 18.7 Å². The predicted molar refractivity (Wildman–Crippen MR) is 61.5 cm³/mol. The van der Waals surface area contributed by atoms with Gasteiger partial charge in [0.15, 0.2) is 0 Å². The molecular weight excluding hydrogens is 218 g/mol. The molecule has 1 saturated heterocycles. The van der Waals surface area contributed by atoms with Gasteiger partial charge in [0, 0.05) is 18.9 Å². The summed E-state index contributed by atoms with van der Waals surface area (Å²) in [6.45, 7) is 2.18. The van der Waals surface area contributed by atoms with Crippen LogP contribution in [0.25, 0.3) is 0 Å². The predicted octanol–water partition coefficient (Wildman–Crippen LogP) is 0.778. The molecule has 2 aromatic rings. The maximum atomic E-state index is 5.52. The quantitative estimate of drug-likeness (QED) is 0.827. The van der Waals surface area contributed by atoms with E-state index in [0.717, 1.165) is 18.1 Å². The summed E-state index contributed by atoms with van der Waals surface area (Å²) in [6.07, 6.45) is 5.07. The van der Waals surface area contributed by atoms with E-state index in [4.69, 9.17) is 4.74 Å². The Kier molecular flexibility index (Phi) is 2.71. The first-order valence-electron chi connectivity index (χ1n) is 5.55. The second-order valence-corrected chi connectivity index (χ2v) is 3.86. The van der Waals surface area contributed by atoms with Crippen molar-refractivity contribution >= 4 is 5.82 Å². The number of rotatable bonds is 2. The molecule has 0 aliphatic carbocycles. The lowest BCUT2D eigenvalue weighted by Gasteiger charge is -2.35. The first-order chi connectivity index (χ1) is 8.45. The molecule has 0 amide bonds. The normalized spacial score (nSPS) is 20.5. The third-order valence-electron chi connectivity index (χ3n) is 2.87. The van der Waals surface area contributed by atoms with Gasteiger partial charge >= 0.3 is 0 Å². The number of aromatic amines is 1. The fraction of sp³-hybridized carbons (Fsp3) is 0.364. The minimum absolute atomic E-state index is 0.140. The number of aromatic nitrogens is 4. The Hall–Kier alpha value is -1.95. The number of hydrogen-bond donors (Lipinski definition) is 1. The van der Waals surface area contributed by atoms with E-state index in [1.165, 1.54) is 0 Å². The van der Waals surface area contributed by atoms with Crippen LogP contribution >= 0.6 is 0 Å². The number of nitrogens with one attached hydrogen (secondary N) is 1. The second-order valence-electron chi connectivity index (χ2n) is 3.86. The molecule has 0 spiro atoms. The lowest BCUT2D eigenvalue weighted by molar-refractivity contribution is 0.0925. The third kappa shape index (κ3) is 1.99. The second kappa shape index (κ2) is 4.50. The number of ether oxygens (including phenoxy) is 1. The first-order valence-corrected chi connectivity index (χ1v) is 5.55. The van der Waals surface area contributed by atoms with Gasteiger partial charge in [-0.15, -0.1) is 0 Å². The van der Waals surface area contributed by atoms with Crippen LogP contribution in [0.5, 0.6) is 0 Å². The summed E-state index contributed by atoms with van der Waals surface area (Å²) in [7, 11) is 0. The lowest BCUT2D eigenvalue weighted by Crippen LogP contribution is -2.40. The molecule has 6 nitrogen and oxygen atoms in total. The van der Waals surface area contributed by atoms with Crippen LogP contribution in [0.15, 0.2) is 30.9 Å². The Morgan fingerprint density at radius 3 is 3.12 bits per heavy atom. The van der Waals surface area contributed by atoms with Crippen LogP contribution in [0, 0.1) is 0 Å².